The molecule has 0 aromatic carbocycles. The maximum absolute atomic E-state index is 13.2. The Morgan fingerprint density at radius 1 is 1.47 bits per heavy atom. The van der Waals surface area contributed by atoms with Crippen LogP contribution in [-0.2, 0) is 10.7 Å². The molecule has 0 spiro atoms. The van der Waals surface area contributed by atoms with Crippen LogP contribution in [0, 0.1) is 0 Å². The van der Waals surface area contributed by atoms with Crippen LogP contribution in [0.4, 0.5) is 8.78 Å². The van der Waals surface area contributed by atoms with E-state index in [0.717, 1.165) is 6.20 Å². The van der Waals surface area contributed by atoms with Crippen LogP contribution in [-0.4, -0.2) is 20.7 Å². The molecule has 0 bridgehead atoms. The van der Waals surface area contributed by atoms with Crippen molar-refractivity contribution in [2.75, 3.05) is 0 Å². The summed E-state index contributed by atoms with van der Waals surface area (Å²) in [6, 6.07) is 4.54. The van der Waals surface area contributed by atoms with Crippen LogP contribution >= 0.6 is 0 Å². The predicted octanol–water partition coefficient (Wildman–Crippen LogP) is 1.51. The highest BCUT2D eigenvalue weighted by molar-refractivity contribution is 5.80. The number of alkyl halides is 2. The van der Waals surface area contributed by atoms with Gasteiger partial charge in [0.05, 0.1) is 17.3 Å². The lowest BCUT2D eigenvalue weighted by atomic mass is 10.1. The minimum atomic E-state index is -3.91. The molecule has 15 heavy (non-hydrogen) atoms. The first-order valence-electron chi connectivity index (χ1n) is 4.07. The number of carbonyl (C=O) groups is 1. The van der Waals surface area contributed by atoms with E-state index < -0.39 is 17.5 Å². The Morgan fingerprint density at radius 2 is 2.20 bits per heavy atom. The fourth-order valence-corrected chi connectivity index (χ4v) is 1.29. The summed E-state index contributed by atoms with van der Waals surface area (Å²) in [4.78, 5) is 10.4. The summed E-state index contributed by atoms with van der Waals surface area (Å²) in [6.45, 7) is 0. The molecule has 0 saturated heterocycles. The van der Waals surface area contributed by atoms with Crippen LogP contribution in [0.25, 0.3) is 5.52 Å². The third-order valence-corrected chi connectivity index (χ3v) is 2.03. The van der Waals surface area contributed by atoms with Crippen molar-refractivity contribution in [1.29, 1.82) is 0 Å². The van der Waals surface area contributed by atoms with E-state index >= 15 is 0 Å². The van der Waals surface area contributed by atoms with Crippen LogP contribution in [0.5, 0.6) is 0 Å². The third kappa shape index (κ3) is 1.34. The molecule has 0 atom stereocenters. The van der Waals surface area contributed by atoms with E-state index in [1.807, 2.05) is 0 Å². The van der Waals surface area contributed by atoms with Gasteiger partial charge >= 0.3 is 11.9 Å². The Morgan fingerprint density at radius 3 is 2.87 bits per heavy atom. The Kier molecular flexibility index (Phi) is 1.92. The lowest BCUT2D eigenvalue weighted by Crippen LogP contribution is -2.25. The second kappa shape index (κ2) is 3.01. The maximum atomic E-state index is 13.2. The number of rotatable bonds is 2. The van der Waals surface area contributed by atoms with Gasteiger partial charge in [-0.15, -0.1) is 0 Å². The Hall–Kier alpha value is -1.98. The Balaban J connectivity index is 2.67. The van der Waals surface area contributed by atoms with Crippen molar-refractivity contribution < 1.29 is 18.7 Å². The van der Waals surface area contributed by atoms with Crippen molar-refractivity contribution in [2.24, 2.45) is 0 Å². The molecule has 0 fully saturated rings. The van der Waals surface area contributed by atoms with Gasteiger partial charge in [-0.25, -0.2) is 9.31 Å². The number of hydrogen-bond acceptors (Lipinski definition) is 2. The second-order valence-corrected chi connectivity index (χ2v) is 2.97. The molecular weight excluding hydrogens is 206 g/mol. The molecular formula is C9H6F2N2O2. The number of halogens is 2. The minimum absolute atomic E-state index is 0.0879. The quantitative estimate of drug-likeness (QED) is 0.820. The lowest BCUT2D eigenvalue weighted by Gasteiger charge is -2.08. The molecule has 2 aromatic rings. The van der Waals surface area contributed by atoms with Crippen molar-refractivity contribution >= 4 is 11.5 Å². The molecule has 0 amide bonds. The summed E-state index contributed by atoms with van der Waals surface area (Å²) < 4.78 is 27.6. The van der Waals surface area contributed by atoms with Crippen LogP contribution in [0.2, 0.25) is 0 Å². The molecule has 0 unspecified atom stereocenters. The highest BCUT2D eigenvalue weighted by Crippen LogP contribution is 2.31. The van der Waals surface area contributed by atoms with Crippen LogP contribution in [0.1, 0.15) is 5.56 Å². The van der Waals surface area contributed by atoms with Crippen LogP contribution < -0.4 is 0 Å². The topological polar surface area (TPSA) is 54.6 Å². The van der Waals surface area contributed by atoms with Gasteiger partial charge in [-0.1, -0.05) is 6.07 Å². The fraction of sp³-hybridized carbons (Fsp3) is 0.111. The number of aliphatic carboxylic acids is 1. The first-order valence-corrected chi connectivity index (χ1v) is 4.07. The van der Waals surface area contributed by atoms with Gasteiger partial charge in [0.2, 0.25) is 0 Å². The van der Waals surface area contributed by atoms with Gasteiger partial charge < -0.3 is 5.11 Å². The third-order valence-electron chi connectivity index (χ3n) is 2.03. The summed E-state index contributed by atoms with van der Waals surface area (Å²) in [7, 11) is 0. The molecule has 0 aliphatic heterocycles. The first kappa shape index (κ1) is 9.57. The van der Waals surface area contributed by atoms with E-state index in [-0.39, 0.29) is 5.52 Å². The standard InChI is InChI=1S/C9H6F2N2O2/c10-9(11,8(14)15)6-5-12-13-4-2-1-3-7(6)13/h1-5H,(H,14,15). The van der Waals surface area contributed by atoms with Crippen molar-refractivity contribution in [3.63, 3.8) is 0 Å². The van der Waals surface area contributed by atoms with E-state index in [1.54, 1.807) is 12.1 Å². The van der Waals surface area contributed by atoms with Gasteiger partial charge in [-0.2, -0.15) is 13.9 Å². The van der Waals surface area contributed by atoms with Gasteiger partial charge in [0.1, 0.15) is 0 Å². The number of aromatic nitrogens is 2. The van der Waals surface area contributed by atoms with E-state index in [2.05, 4.69) is 5.10 Å². The Labute approximate surface area is 82.8 Å². The fourth-order valence-electron chi connectivity index (χ4n) is 1.29. The van der Waals surface area contributed by atoms with Crippen molar-refractivity contribution in [3.05, 3.63) is 36.2 Å². The summed E-state index contributed by atoms with van der Waals surface area (Å²) in [5.74, 6) is -6.09. The molecule has 1 N–H and O–H groups in total. The summed E-state index contributed by atoms with van der Waals surface area (Å²) in [5, 5.41) is 12.0. The molecule has 0 saturated carbocycles. The van der Waals surface area contributed by atoms with E-state index in [4.69, 9.17) is 5.11 Å². The van der Waals surface area contributed by atoms with Crippen LogP contribution in [0.15, 0.2) is 30.6 Å². The molecule has 2 rings (SSSR count). The molecule has 2 aromatic heterocycles. The number of carboxylic acid groups (broad SMARTS) is 1. The average molecular weight is 212 g/mol. The molecule has 0 aliphatic rings. The largest absolute Gasteiger partial charge is 0.477 e. The van der Waals surface area contributed by atoms with E-state index in [9.17, 15) is 13.6 Å². The van der Waals surface area contributed by atoms with Crippen LogP contribution in [0.3, 0.4) is 0 Å². The van der Waals surface area contributed by atoms with Gasteiger partial charge in [0.15, 0.2) is 0 Å². The van der Waals surface area contributed by atoms with E-state index in [0.29, 0.717) is 0 Å². The average Bonchev–Trinajstić information content (AvgIpc) is 2.61. The summed E-state index contributed by atoms with van der Waals surface area (Å²) >= 11 is 0. The normalized spacial score (nSPS) is 11.9. The monoisotopic (exact) mass is 212 g/mol. The number of pyridine rings is 1. The summed E-state index contributed by atoms with van der Waals surface area (Å²) in [6.07, 6.45) is 2.33. The van der Waals surface area contributed by atoms with Crippen molar-refractivity contribution in [2.45, 2.75) is 5.92 Å². The highest BCUT2D eigenvalue weighted by Gasteiger charge is 2.43. The zero-order valence-corrected chi connectivity index (χ0v) is 7.39. The number of carboxylic acids is 1. The lowest BCUT2D eigenvalue weighted by molar-refractivity contribution is -0.166. The van der Waals surface area contributed by atoms with Gasteiger partial charge in [-0.05, 0) is 12.1 Å². The summed E-state index contributed by atoms with van der Waals surface area (Å²) in [5.41, 5.74) is -0.513. The first-order chi connectivity index (χ1) is 7.03. The van der Waals surface area contributed by atoms with Gasteiger partial charge in [0, 0.05) is 6.20 Å². The van der Waals surface area contributed by atoms with Gasteiger partial charge in [0.25, 0.3) is 0 Å². The molecule has 4 nitrogen and oxygen atoms in total. The van der Waals surface area contributed by atoms with E-state index in [1.165, 1.54) is 16.8 Å². The zero-order chi connectivity index (χ0) is 11.1. The smallest absolute Gasteiger partial charge is 0.379 e. The number of hydrogen-bond donors (Lipinski definition) is 1. The number of nitrogens with zero attached hydrogens (tertiary/aromatic N) is 2. The van der Waals surface area contributed by atoms with Gasteiger partial charge in [-0.3, -0.25) is 0 Å². The molecule has 2 heterocycles. The molecule has 78 valence electrons. The molecule has 0 aliphatic carbocycles. The second-order valence-electron chi connectivity index (χ2n) is 2.97. The van der Waals surface area contributed by atoms with Crippen molar-refractivity contribution in [3.8, 4) is 0 Å². The Bertz CT molecular complexity index is 522. The SMILES string of the molecule is O=C(O)C(F)(F)c1cnn2ccccc12. The maximum Gasteiger partial charge on any atom is 0.379 e. The zero-order valence-electron chi connectivity index (χ0n) is 7.39. The molecule has 0 radical (unpaired) electrons. The molecule has 6 heteroatoms. The minimum Gasteiger partial charge on any atom is -0.477 e. The van der Waals surface area contributed by atoms with Crippen molar-refractivity contribution in [1.82, 2.24) is 9.61 Å². The predicted molar refractivity (Wildman–Crippen MR) is 46.7 cm³/mol. The highest BCUT2D eigenvalue weighted by atomic mass is 19.3. The number of fused-ring (bicyclic) bond motifs is 1.